The monoisotopic (exact) mass is 300 g/mol. The summed E-state index contributed by atoms with van der Waals surface area (Å²) >= 11 is 0. The van der Waals surface area contributed by atoms with Crippen molar-refractivity contribution < 1.29 is 19.1 Å². The van der Waals surface area contributed by atoms with Gasteiger partial charge in [-0.05, 0) is 11.6 Å². The van der Waals surface area contributed by atoms with Crippen molar-refractivity contribution in [2.45, 2.75) is 6.54 Å². The van der Waals surface area contributed by atoms with Crippen molar-refractivity contribution in [3.63, 3.8) is 0 Å². The van der Waals surface area contributed by atoms with Crippen molar-refractivity contribution >= 4 is 11.9 Å². The molecular formula is C14H12N4O4. The lowest BCUT2D eigenvalue weighted by atomic mass is 10.3. The van der Waals surface area contributed by atoms with E-state index in [0.717, 1.165) is 5.56 Å². The molecule has 0 atom stereocenters. The Bertz CT molecular complexity index is 723. The van der Waals surface area contributed by atoms with E-state index in [9.17, 15) is 9.59 Å². The smallest absolute Gasteiger partial charge is 0.360 e. The van der Waals surface area contributed by atoms with Crippen LogP contribution in [0.5, 0.6) is 0 Å². The summed E-state index contributed by atoms with van der Waals surface area (Å²) in [5, 5.41) is 7.64. The Hall–Kier alpha value is -3.03. The normalized spacial score (nSPS) is 13.6. The fourth-order valence-corrected chi connectivity index (χ4v) is 1.88. The Labute approximate surface area is 125 Å². The molecule has 1 aliphatic rings. The molecule has 0 bridgehead atoms. The number of nitrogens with zero attached hydrogens (tertiary/aromatic N) is 4. The number of carbonyl (C=O) groups excluding carboxylic acids is 2. The summed E-state index contributed by atoms with van der Waals surface area (Å²) in [6.45, 7) is 0.613. The first-order chi connectivity index (χ1) is 10.7. The van der Waals surface area contributed by atoms with E-state index >= 15 is 0 Å². The average Bonchev–Trinajstić information content (AvgIpc) is 3.15. The van der Waals surface area contributed by atoms with Crippen LogP contribution in [-0.4, -0.2) is 45.1 Å². The summed E-state index contributed by atoms with van der Waals surface area (Å²) in [5.41, 5.74) is 1.66. The topological polar surface area (TPSA) is 96.2 Å². The van der Waals surface area contributed by atoms with E-state index in [-0.39, 0.29) is 18.9 Å². The molecule has 8 heteroatoms. The molecule has 22 heavy (non-hydrogen) atoms. The zero-order valence-electron chi connectivity index (χ0n) is 11.5. The van der Waals surface area contributed by atoms with Gasteiger partial charge in [0.15, 0.2) is 5.69 Å². The molecule has 0 aliphatic carbocycles. The summed E-state index contributed by atoms with van der Waals surface area (Å²) in [4.78, 5) is 26.7. The van der Waals surface area contributed by atoms with Gasteiger partial charge < -0.3 is 9.47 Å². The largest absolute Gasteiger partial charge is 0.458 e. The minimum atomic E-state index is -0.599. The number of rotatable bonds is 5. The first kappa shape index (κ1) is 13.9. The number of ether oxygens (including phenoxy) is 2. The Kier molecular flexibility index (Phi) is 3.90. The molecule has 0 saturated heterocycles. The van der Waals surface area contributed by atoms with Crippen LogP contribution in [0, 0.1) is 0 Å². The van der Waals surface area contributed by atoms with Gasteiger partial charge in [-0.1, -0.05) is 11.3 Å². The molecular weight excluding hydrogens is 288 g/mol. The van der Waals surface area contributed by atoms with Crippen molar-refractivity contribution in [1.29, 1.82) is 0 Å². The minimum absolute atomic E-state index is 0.0000383. The standard InChI is InChI=1S/C14H12N4O4/c19-13-4-11(8-21-13)9-22-14(20)12-7-18(17-16-12)6-10-2-1-3-15-5-10/h1-5,7H,6,8-9H2. The molecule has 0 spiro atoms. The van der Waals surface area contributed by atoms with Gasteiger partial charge in [0, 0.05) is 24.0 Å². The number of aromatic nitrogens is 4. The summed E-state index contributed by atoms with van der Waals surface area (Å²) in [6.07, 6.45) is 6.20. The third kappa shape index (κ3) is 3.35. The summed E-state index contributed by atoms with van der Waals surface area (Å²) in [5.74, 6) is -1.02. The van der Waals surface area contributed by atoms with E-state index in [1.807, 2.05) is 12.1 Å². The van der Waals surface area contributed by atoms with Gasteiger partial charge in [-0.25, -0.2) is 14.3 Å². The number of esters is 2. The molecule has 0 amide bonds. The third-order valence-corrected chi connectivity index (χ3v) is 2.93. The fourth-order valence-electron chi connectivity index (χ4n) is 1.88. The number of hydrogen-bond acceptors (Lipinski definition) is 7. The molecule has 3 heterocycles. The van der Waals surface area contributed by atoms with E-state index < -0.39 is 11.9 Å². The molecule has 1 aliphatic heterocycles. The quantitative estimate of drug-likeness (QED) is 0.735. The molecule has 8 nitrogen and oxygen atoms in total. The number of hydrogen-bond donors (Lipinski definition) is 0. The summed E-state index contributed by atoms with van der Waals surface area (Å²) in [7, 11) is 0. The van der Waals surface area contributed by atoms with Gasteiger partial charge in [-0.2, -0.15) is 0 Å². The van der Waals surface area contributed by atoms with Crippen LogP contribution in [0.15, 0.2) is 42.4 Å². The van der Waals surface area contributed by atoms with E-state index in [1.165, 1.54) is 17.0 Å². The Balaban J connectivity index is 1.57. The highest BCUT2D eigenvalue weighted by molar-refractivity contribution is 5.87. The third-order valence-electron chi connectivity index (χ3n) is 2.93. The van der Waals surface area contributed by atoms with Crippen molar-refractivity contribution in [3.8, 4) is 0 Å². The Morgan fingerprint density at radius 1 is 1.45 bits per heavy atom. The predicted molar refractivity (Wildman–Crippen MR) is 72.7 cm³/mol. The van der Waals surface area contributed by atoms with Crippen molar-refractivity contribution in [2.75, 3.05) is 13.2 Å². The zero-order valence-corrected chi connectivity index (χ0v) is 11.5. The molecule has 0 aromatic carbocycles. The van der Waals surface area contributed by atoms with Gasteiger partial charge in [0.2, 0.25) is 0 Å². The molecule has 0 radical (unpaired) electrons. The average molecular weight is 300 g/mol. The van der Waals surface area contributed by atoms with Crippen LogP contribution in [0.4, 0.5) is 0 Å². The molecule has 0 N–H and O–H groups in total. The van der Waals surface area contributed by atoms with E-state index in [1.54, 1.807) is 12.4 Å². The van der Waals surface area contributed by atoms with Crippen molar-refractivity contribution in [2.24, 2.45) is 0 Å². The predicted octanol–water partition coefficient (Wildman–Crippen LogP) is 0.361. The second kappa shape index (κ2) is 6.17. The van der Waals surface area contributed by atoms with Gasteiger partial charge in [0.1, 0.15) is 13.2 Å². The van der Waals surface area contributed by atoms with Gasteiger partial charge in [0.25, 0.3) is 0 Å². The van der Waals surface area contributed by atoms with Crippen LogP contribution in [0.25, 0.3) is 0 Å². The summed E-state index contributed by atoms with van der Waals surface area (Å²) in [6, 6.07) is 3.72. The van der Waals surface area contributed by atoms with Crippen LogP contribution in [-0.2, 0) is 20.8 Å². The van der Waals surface area contributed by atoms with Crippen LogP contribution in [0.1, 0.15) is 16.1 Å². The molecule has 2 aromatic heterocycles. The lowest BCUT2D eigenvalue weighted by molar-refractivity contribution is -0.134. The molecule has 0 fully saturated rings. The van der Waals surface area contributed by atoms with Crippen LogP contribution >= 0.6 is 0 Å². The minimum Gasteiger partial charge on any atom is -0.458 e. The lowest BCUT2D eigenvalue weighted by Crippen LogP contribution is -2.09. The fraction of sp³-hybridized carbons (Fsp3) is 0.214. The number of carbonyl (C=O) groups is 2. The highest BCUT2D eigenvalue weighted by Crippen LogP contribution is 2.08. The van der Waals surface area contributed by atoms with Crippen LogP contribution in [0.3, 0.4) is 0 Å². The Morgan fingerprint density at radius 3 is 3.09 bits per heavy atom. The SMILES string of the molecule is O=C1C=C(COC(=O)c2cn(Cc3cccnc3)nn2)CO1. The highest BCUT2D eigenvalue weighted by atomic mass is 16.5. The molecule has 2 aromatic rings. The van der Waals surface area contributed by atoms with Gasteiger partial charge >= 0.3 is 11.9 Å². The van der Waals surface area contributed by atoms with E-state index in [4.69, 9.17) is 9.47 Å². The molecule has 0 unspecified atom stereocenters. The van der Waals surface area contributed by atoms with E-state index in [0.29, 0.717) is 12.1 Å². The highest BCUT2D eigenvalue weighted by Gasteiger charge is 2.17. The second-order valence-corrected chi connectivity index (χ2v) is 4.65. The van der Waals surface area contributed by atoms with Gasteiger partial charge in [-0.3, -0.25) is 4.98 Å². The lowest BCUT2D eigenvalue weighted by Gasteiger charge is -2.01. The zero-order chi connectivity index (χ0) is 15.4. The van der Waals surface area contributed by atoms with Gasteiger partial charge in [-0.15, -0.1) is 5.10 Å². The molecule has 3 rings (SSSR count). The summed E-state index contributed by atoms with van der Waals surface area (Å²) < 4.78 is 11.3. The first-order valence-electron chi connectivity index (χ1n) is 6.53. The maximum absolute atomic E-state index is 11.8. The Morgan fingerprint density at radius 2 is 2.36 bits per heavy atom. The van der Waals surface area contributed by atoms with Crippen LogP contribution in [0.2, 0.25) is 0 Å². The molecule has 0 saturated carbocycles. The van der Waals surface area contributed by atoms with Crippen LogP contribution < -0.4 is 0 Å². The van der Waals surface area contributed by atoms with Crippen molar-refractivity contribution in [3.05, 3.63) is 53.6 Å². The molecule has 112 valence electrons. The second-order valence-electron chi connectivity index (χ2n) is 4.65. The number of cyclic esters (lactones) is 1. The maximum Gasteiger partial charge on any atom is 0.360 e. The van der Waals surface area contributed by atoms with Crippen molar-refractivity contribution in [1.82, 2.24) is 20.0 Å². The first-order valence-corrected chi connectivity index (χ1v) is 6.53. The maximum atomic E-state index is 11.8. The van der Waals surface area contributed by atoms with E-state index in [2.05, 4.69) is 15.3 Å². The number of pyridine rings is 1. The van der Waals surface area contributed by atoms with Gasteiger partial charge in [0.05, 0.1) is 12.7 Å².